The van der Waals surface area contributed by atoms with Gasteiger partial charge < -0.3 is 14.2 Å². The number of carbonyl (C=O) groups excluding carboxylic acids is 1. The van der Waals surface area contributed by atoms with Crippen molar-refractivity contribution in [2.75, 3.05) is 13.2 Å². The summed E-state index contributed by atoms with van der Waals surface area (Å²) >= 11 is 0. The van der Waals surface area contributed by atoms with Gasteiger partial charge in [0.1, 0.15) is 31.3 Å². The zero-order valence-corrected chi connectivity index (χ0v) is 15.5. The predicted octanol–water partition coefficient (Wildman–Crippen LogP) is 4.90. The molecule has 0 spiro atoms. The summed E-state index contributed by atoms with van der Waals surface area (Å²) in [4.78, 5) is 11.8. The summed E-state index contributed by atoms with van der Waals surface area (Å²) in [5, 5.41) is 0. The fourth-order valence-corrected chi connectivity index (χ4v) is 2.45. The second-order valence-electron chi connectivity index (χ2n) is 6.01. The number of hydrogen-bond donors (Lipinski definition) is 0. The van der Waals surface area contributed by atoms with Crippen LogP contribution in [-0.4, -0.2) is 19.2 Å². The second-order valence-corrected chi connectivity index (χ2v) is 6.01. The number of ether oxygens (including phenoxy) is 3. The third-order valence-corrected chi connectivity index (χ3v) is 3.88. The molecule has 0 aliphatic carbocycles. The van der Waals surface area contributed by atoms with Gasteiger partial charge in [0.2, 0.25) is 0 Å². The van der Waals surface area contributed by atoms with Crippen molar-refractivity contribution in [1.82, 2.24) is 0 Å². The molecule has 0 aromatic heterocycles. The molecule has 0 heterocycles. The summed E-state index contributed by atoms with van der Waals surface area (Å²) in [5.41, 5.74) is 2.01. The van der Waals surface area contributed by atoms with Crippen molar-refractivity contribution in [3.63, 3.8) is 0 Å². The molecule has 0 radical (unpaired) electrons. The summed E-state index contributed by atoms with van der Waals surface area (Å²) in [6.45, 7) is 1.04. The topological polar surface area (TPSA) is 44.8 Å². The lowest BCUT2D eigenvalue weighted by molar-refractivity contribution is -0.138. The molecule has 0 amide bonds. The molecule has 4 heteroatoms. The Labute approximate surface area is 165 Å². The standard InChI is InChI=1S/C24H22O4/c25-24(27-18-17-26-22-9-5-2-6-10-22)16-13-20-11-14-23(15-12-20)28-19-21-7-3-1-4-8-21/h1-16H,17-19H2/b16-13+. The first-order valence-corrected chi connectivity index (χ1v) is 9.09. The highest BCUT2D eigenvalue weighted by molar-refractivity contribution is 5.87. The maximum atomic E-state index is 11.8. The maximum Gasteiger partial charge on any atom is 0.330 e. The minimum Gasteiger partial charge on any atom is -0.490 e. The minimum atomic E-state index is -0.402. The van der Waals surface area contributed by atoms with E-state index in [1.54, 1.807) is 6.08 Å². The number of rotatable bonds is 9. The maximum absolute atomic E-state index is 11.8. The number of benzene rings is 3. The van der Waals surface area contributed by atoms with Crippen molar-refractivity contribution in [3.8, 4) is 11.5 Å². The molecule has 142 valence electrons. The van der Waals surface area contributed by atoms with Crippen molar-refractivity contribution >= 4 is 12.0 Å². The van der Waals surface area contributed by atoms with Crippen LogP contribution in [0.4, 0.5) is 0 Å². The van der Waals surface area contributed by atoms with Crippen LogP contribution in [0.2, 0.25) is 0 Å². The first-order chi connectivity index (χ1) is 13.8. The van der Waals surface area contributed by atoms with Crippen molar-refractivity contribution in [2.24, 2.45) is 0 Å². The Morgan fingerprint density at radius 3 is 2.07 bits per heavy atom. The zero-order chi connectivity index (χ0) is 19.4. The van der Waals surface area contributed by atoms with Gasteiger partial charge in [0, 0.05) is 6.08 Å². The van der Waals surface area contributed by atoms with Crippen LogP contribution >= 0.6 is 0 Å². The molecule has 0 aliphatic heterocycles. The lowest BCUT2D eigenvalue weighted by atomic mass is 10.2. The van der Waals surface area contributed by atoms with Crippen molar-refractivity contribution in [3.05, 3.63) is 102 Å². The summed E-state index contributed by atoms with van der Waals surface area (Å²) in [6, 6.07) is 26.9. The lowest BCUT2D eigenvalue weighted by Gasteiger charge is -2.06. The van der Waals surface area contributed by atoms with E-state index in [0.29, 0.717) is 13.2 Å². The normalized spacial score (nSPS) is 10.6. The van der Waals surface area contributed by atoms with Gasteiger partial charge in [0.25, 0.3) is 0 Å². The summed E-state index contributed by atoms with van der Waals surface area (Å²) in [7, 11) is 0. The van der Waals surface area contributed by atoms with Gasteiger partial charge in [-0.2, -0.15) is 0 Å². The molecule has 0 N–H and O–H groups in total. The SMILES string of the molecule is O=C(/C=C/c1ccc(OCc2ccccc2)cc1)OCCOc1ccccc1. The molecule has 3 aromatic carbocycles. The van der Waals surface area contributed by atoms with Gasteiger partial charge in [-0.15, -0.1) is 0 Å². The molecule has 0 unspecified atom stereocenters. The smallest absolute Gasteiger partial charge is 0.330 e. The van der Waals surface area contributed by atoms with E-state index < -0.39 is 5.97 Å². The molecule has 4 nitrogen and oxygen atoms in total. The van der Waals surface area contributed by atoms with E-state index in [-0.39, 0.29) is 6.61 Å². The molecule has 0 saturated carbocycles. The van der Waals surface area contributed by atoms with E-state index in [1.165, 1.54) is 6.08 Å². The van der Waals surface area contributed by atoms with E-state index in [0.717, 1.165) is 22.6 Å². The lowest BCUT2D eigenvalue weighted by Crippen LogP contribution is -2.10. The average Bonchev–Trinajstić information content (AvgIpc) is 2.76. The van der Waals surface area contributed by atoms with Crippen LogP contribution < -0.4 is 9.47 Å². The molecule has 0 atom stereocenters. The van der Waals surface area contributed by atoms with Gasteiger partial charge in [0.15, 0.2) is 0 Å². The molecule has 0 bridgehead atoms. The van der Waals surface area contributed by atoms with Crippen LogP contribution in [0.5, 0.6) is 11.5 Å². The highest BCUT2D eigenvalue weighted by atomic mass is 16.6. The van der Waals surface area contributed by atoms with Crippen LogP contribution in [0.3, 0.4) is 0 Å². The van der Waals surface area contributed by atoms with Gasteiger partial charge >= 0.3 is 5.97 Å². The van der Waals surface area contributed by atoms with Crippen molar-refractivity contribution < 1.29 is 19.0 Å². The molecule has 0 saturated heterocycles. The summed E-state index contributed by atoms with van der Waals surface area (Å²) in [6.07, 6.45) is 3.11. The fraction of sp³-hybridized carbons (Fsp3) is 0.125. The van der Waals surface area contributed by atoms with Crippen LogP contribution in [0.15, 0.2) is 91.0 Å². The average molecular weight is 374 g/mol. The van der Waals surface area contributed by atoms with E-state index in [4.69, 9.17) is 14.2 Å². The fourth-order valence-electron chi connectivity index (χ4n) is 2.45. The molecule has 0 fully saturated rings. The summed E-state index contributed by atoms with van der Waals surface area (Å²) < 4.78 is 16.3. The van der Waals surface area contributed by atoms with Crippen LogP contribution in [0.25, 0.3) is 6.08 Å². The van der Waals surface area contributed by atoms with Crippen LogP contribution in [-0.2, 0) is 16.1 Å². The Kier molecular flexibility index (Phi) is 7.27. The molecule has 3 rings (SSSR count). The highest BCUT2D eigenvalue weighted by Gasteiger charge is 1.99. The Morgan fingerprint density at radius 1 is 0.714 bits per heavy atom. The Balaban J connectivity index is 1.38. The third kappa shape index (κ3) is 6.65. The molecule has 28 heavy (non-hydrogen) atoms. The number of hydrogen-bond acceptors (Lipinski definition) is 4. The van der Waals surface area contributed by atoms with E-state index >= 15 is 0 Å². The molecular weight excluding hydrogens is 352 g/mol. The van der Waals surface area contributed by atoms with Crippen LogP contribution in [0.1, 0.15) is 11.1 Å². The first-order valence-electron chi connectivity index (χ1n) is 9.09. The first kappa shape index (κ1) is 19.2. The largest absolute Gasteiger partial charge is 0.490 e. The van der Waals surface area contributed by atoms with Crippen molar-refractivity contribution in [2.45, 2.75) is 6.61 Å². The number of carbonyl (C=O) groups is 1. The van der Waals surface area contributed by atoms with Gasteiger partial charge in [-0.25, -0.2) is 4.79 Å². The van der Waals surface area contributed by atoms with E-state index in [9.17, 15) is 4.79 Å². The van der Waals surface area contributed by atoms with Gasteiger partial charge in [0.05, 0.1) is 0 Å². The number of esters is 1. The van der Waals surface area contributed by atoms with Crippen molar-refractivity contribution in [1.29, 1.82) is 0 Å². The minimum absolute atomic E-state index is 0.199. The Bertz CT molecular complexity index is 871. The Hall–Kier alpha value is -3.53. The zero-order valence-electron chi connectivity index (χ0n) is 15.5. The Morgan fingerprint density at radius 2 is 1.36 bits per heavy atom. The molecular formula is C24H22O4. The van der Waals surface area contributed by atoms with E-state index in [1.807, 2.05) is 84.9 Å². The molecule has 0 aliphatic rings. The monoisotopic (exact) mass is 374 g/mol. The highest BCUT2D eigenvalue weighted by Crippen LogP contribution is 2.15. The predicted molar refractivity (Wildman–Crippen MR) is 109 cm³/mol. The van der Waals surface area contributed by atoms with Gasteiger partial charge in [-0.1, -0.05) is 60.7 Å². The number of para-hydroxylation sites is 1. The second kappa shape index (κ2) is 10.6. The van der Waals surface area contributed by atoms with Gasteiger partial charge in [-0.05, 0) is 41.5 Å². The quantitative estimate of drug-likeness (QED) is 0.304. The molecule has 3 aromatic rings. The summed E-state index contributed by atoms with van der Waals surface area (Å²) in [5.74, 6) is 1.13. The third-order valence-electron chi connectivity index (χ3n) is 3.88. The van der Waals surface area contributed by atoms with Crippen LogP contribution in [0, 0.1) is 0 Å². The van der Waals surface area contributed by atoms with E-state index in [2.05, 4.69) is 0 Å². The van der Waals surface area contributed by atoms with Gasteiger partial charge in [-0.3, -0.25) is 0 Å².